The molecule has 3 nitrogen and oxygen atoms in total. The smallest absolute Gasteiger partial charge is 0.101 e. The lowest BCUT2D eigenvalue weighted by molar-refractivity contribution is 0.689. The Labute approximate surface area is 117 Å². The van der Waals surface area contributed by atoms with Crippen molar-refractivity contribution in [3.05, 3.63) is 35.0 Å². The molecule has 1 heterocycles. The molecule has 1 N–H and O–H groups in total. The van der Waals surface area contributed by atoms with Crippen LogP contribution in [0.2, 0.25) is 0 Å². The number of thiazole rings is 1. The van der Waals surface area contributed by atoms with Crippen LogP contribution in [0.5, 0.6) is 0 Å². The maximum atomic E-state index is 9.16. The van der Waals surface area contributed by atoms with Crippen molar-refractivity contribution in [2.75, 3.05) is 11.9 Å². The first kappa shape index (κ1) is 13.6. The molecule has 2 aromatic rings. The van der Waals surface area contributed by atoms with Gasteiger partial charge in [0.05, 0.1) is 27.3 Å². The minimum atomic E-state index is 0.542. The predicted octanol–water partition coefficient (Wildman–Crippen LogP) is 4.06. The van der Waals surface area contributed by atoms with Crippen molar-refractivity contribution in [3.63, 3.8) is 0 Å². The summed E-state index contributed by atoms with van der Waals surface area (Å²) in [7, 11) is 0. The summed E-state index contributed by atoms with van der Waals surface area (Å²) in [5.74, 6) is 0.542. The highest BCUT2D eigenvalue weighted by atomic mass is 32.1. The maximum Gasteiger partial charge on any atom is 0.101 e. The van der Waals surface area contributed by atoms with Gasteiger partial charge in [0.25, 0.3) is 0 Å². The molecule has 1 aromatic carbocycles. The number of anilines is 1. The van der Waals surface area contributed by atoms with Crippen LogP contribution in [-0.2, 0) is 0 Å². The molecule has 0 aliphatic heterocycles. The molecule has 0 bridgehead atoms. The SMILES string of the molecule is Cc1ncsc1-c1ccc(C#N)c(NCC(C)C)c1. The van der Waals surface area contributed by atoms with Gasteiger partial charge in [-0.05, 0) is 30.5 Å². The van der Waals surface area contributed by atoms with E-state index in [1.54, 1.807) is 11.3 Å². The molecule has 98 valence electrons. The third-order valence-electron chi connectivity index (χ3n) is 2.85. The summed E-state index contributed by atoms with van der Waals surface area (Å²) < 4.78 is 0. The zero-order valence-electron chi connectivity index (χ0n) is 11.4. The van der Waals surface area contributed by atoms with E-state index in [4.69, 9.17) is 5.26 Å². The van der Waals surface area contributed by atoms with Gasteiger partial charge in [-0.15, -0.1) is 11.3 Å². The Morgan fingerprint density at radius 2 is 2.21 bits per heavy atom. The van der Waals surface area contributed by atoms with Crippen LogP contribution in [0, 0.1) is 24.2 Å². The minimum Gasteiger partial charge on any atom is -0.384 e. The van der Waals surface area contributed by atoms with E-state index in [0.29, 0.717) is 11.5 Å². The Morgan fingerprint density at radius 1 is 1.42 bits per heavy atom. The molecule has 0 saturated carbocycles. The van der Waals surface area contributed by atoms with Gasteiger partial charge in [-0.3, -0.25) is 0 Å². The number of aromatic nitrogens is 1. The number of rotatable bonds is 4. The highest BCUT2D eigenvalue weighted by Crippen LogP contribution is 2.30. The lowest BCUT2D eigenvalue weighted by atomic mass is 10.1. The molecular weight excluding hydrogens is 254 g/mol. The van der Waals surface area contributed by atoms with Crippen molar-refractivity contribution in [2.24, 2.45) is 5.92 Å². The molecule has 1 aromatic heterocycles. The molecule has 19 heavy (non-hydrogen) atoms. The number of hydrogen-bond acceptors (Lipinski definition) is 4. The molecule has 0 spiro atoms. The van der Waals surface area contributed by atoms with Gasteiger partial charge in [0, 0.05) is 6.54 Å². The van der Waals surface area contributed by atoms with Gasteiger partial charge < -0.3 is 5.32 Å². The highest BCUT2D eigenvalue weighted by molar-refractivity contribution is 7.13. The second-order valence-corrected chi connectivity index (χ2v) is 5.77. The normalized spacial score (nSPS) is 10.5. The number of nitriles is 1. The average molecular weight is 271 g/mol. The van der Waals surface area contributed by atoms with E-state index in [-0.39, 0.29) is 0 Å². The fourth-order valence-corrected chi connectivity index (χ4v) is 2.62. The van der Waals surface area contributed by atoms with Gasteiger partial charge >= 0.3 is 0 Å². The lowest BCUT2D eigenvalue weighted by Gasteiger charge is -2.12. The van der Waals surface area contributed by atoms with Crippen LogP contribution in [0.25, 0.3) is 10.4 Å². The predicted molar refractivity (Wildman–Crippen MR) is 80.3 cm³/mol. The van der Waals surface area contributed by atoms with Gasteiger partial charge in [-0.2, -0.15) is 5.26 Å². The largest absolute Gasteiger partial charge is 0.384 e. The van der Waals surface area contributed by atoms with Gasteiger partial charge in [-0.1, -0.05) is 19.9 Å². The highest BCUT2D eigenvalue weighted by Gasteiger charge is 2.09. The van der Waals surface area contributed by atoms with E-state index in [0.717, 1.165) is 28.4 Å². The summed E-state index contributed by atoms with van der Waals surface area (Å²) in [4.78, 5) is 5.44. The summed E-state index contributed by atoms with van der Waals surface area (Å²) in [6, 6.07) is 8.13. The van der Waals surface area contributed by atoms with Crippen LogP contribution in [0.4, 0.5) is 5.69 Å². The van der Waals surface area contributed by atoms with Crippen LogP contribution in [-0.4, -0.2) is 11.5 Å². The van der Waals surface area contributed by atoms with Crippen LogP contribution in [0.1, 0.15) is 25.1 Å². The molecule has 0 atom stereocenters. The van der Waals surface area contributed by atoms with Crippen molar-refractivity contribution >= 4 is 17.0 Å². The van der Waals surface area contributed by atoms with Crippen LogP contribution >= 0.6 is 11.3 Å². The summed E-state index contributed by atoms with van der Waals surface area (Å²) >= 11 is 1.63. The third-order valence-corrected chi connectivity index (χ3v) is 3.83. The zero-order chi connectivity index (χ0) is 13.8. The number of aryl methyl sites for hydroxylation is 1. The van der Waals surface area contributed by atoms with Crippen LogP contribution < -0.4 is 5.32 Å². The number of benzene rings is 1. The number of hydrogen-bond donors (Lipinski definition) is 1. The summed E-state index contributed by atoms with van der Waals surface area (Å²) in [5, 5.41) is 12.5. The van der Waals surface area contributed by atoms with E-state index in [2.05, 4.69) is 30.2 Å². The first-order valence-corrected chi connectivity index (χ1v) is 7.18. The Bertz CT molecular complexity index is 608. The standard InChI is InChI=1S/C15H17N3S/c1-10(2)8-17-14-6-12(4-5-13(14)7-16)15-11(3)18-9-19-15/h4-6,9-10,17H,8H2,1-3H3. The van der Waals surface area contributed by atoms with Gasteiger partial charge in [0.15, 0.2) is 0 Å². The van der Waals surface area contributed by atoms with Crippen molar-refractivity contribution in [3.8, 4) is 16.5 Å². The van der Waals surface area contributed by atoms with Gasteiger partial charge in [0.1, 0.15) is 6.07 Å². The van der Waals surface area contributed by atoms with Crippen molar-refractivity contribution in [1.82, 2.24) is 4.98 Å². The fraction of sp³-hybridized carbons (Fsp3) is 0.333. The average Bonchev–Trinajstić information content (AvgIpc) is 2.82. The molecule has 0 saturated heterocycles. The molecule has 0 unspecified atom stereocenters. The lowest BCUT2D eigenvalue weighted by Crippen LogP contribution is -2.09. The van der Waals surface area contributed by atoms with Crippen molar-refractivity contribution in [2.45, 2.75) is 20.8 Å². The fourth-order valence-electron chi connectivity index (χ4n) is 1.82. The number of nitrogens with zero attached hydrogens (tertiary/aromatic N) is 2. The molecule has 0 amide bonds. The second kappa shape index (κ2) is 5.85. The quantitative estimate of drug-likeness (QED) is 0.912. The zero-order valence-corrected chi connectivity index (χ0v) is 12.2. The molecular formula is C15H17N3S. The van der Waals surface area contributed by atoms with Gasteiger partial charge in [-0.25, -0.2) is 4.98 Å². The summed E-state index contributed by atoms with van der Waals surface area (Å²) in [5.41, 5.74) is 5.59. The van der Waals surface area contributed by atoms with E-state index in [9.17, 15) is 0 Å². The Kier molecular flexibility index (Phi) is 4.18. The Balaban J connectivity index is 2.36. The van der Waals surface area contributed by atoms with Crippen molar-refractivity contribution < 1.29 is 0 Å². The maximum absolute atomic E-state index is 9.16. The molecule has 0 radical (unpaired) electrons. The summed E-state index contributed by atoms with van der Waals surface area (Å²) in [6.45, 7) is 7.16. The molecule has 0 fully saturated rings. The summed E-state index contributed by atoms with van der Waals surface area (Å²) in [6.07, 6.45) is 0. The third kappa shape index (κ3) is 3.12. The molecule has 0 aliphatic carbocycles. The van der Waals surface area contributed by atoms with E-state index in [1.807, 2.05) is 30.6 Å². The first-order chi connectivity index (χ1) is 9.11. The Morgan fingerprint density at radius 3 is 2.79 bits per heavy atom. The van der Waals surface area contributed by atoms with Crippen LogP contribution in [0.15, 0.2) is 23.7 Å². The second-order valence-electron chi connectivity index (χ2n) is 4.91. The number of nitrogens with one attached hydrogen (secondary N) is 1. The van der Waals surface area contributed by atoms with Crippen LogP contribution in [0.3, 0.4) is 0 Å². The van der Waals surface area contributed by atoms with E-state index in [1.165, 1.54) is 0 Å². The van der Waals surface area contributed by atoms with E-state index < -0.39 is 0 Å². The van der Waals surface area contributed by atoms with E-state index >= 15 is 0 Å². The molecule has 4 heteroatoms. The Hall–Kier alpha value is -1.86. The topological polar surface area (TPSA) is 48.7 Å². The molecule has 0 aliphatic rings. The van der Waals surface area contributed by atoms with Crippen molar-refractivity contribution in [1.29, 1.82) is 5.26 Å². The monoisotopic (exact) mass is 271 g/mol. The minimum absolute atomic E-state index is 0.542. The molecule has 2 rings (SSSR count). The van der Waals surface area contributed by atoms with Gasteiger partial charge in [0.2, 0.25) is 0 Å². The first-order valence-electron chi connectivity index (χ1n) is 6.30.